The SMILES string of the molecule is CC(NCC(=O)N1CCOCC1)C(=O)N1CCCC1. The highest BCUT2D eigenvalue weighted by molar-refractivity contribution is 5.83. The van der Waals surface area contributed by atoms with E-state index in [0.29, 0.717) is 26.3 Å². The molecule has 2 rings (SSSR count). The van der Waals surface area contributed by atoms with E-state index in [9.17, 15) is 9.59 Å². The summed E-state index contributed by atoms with van der Waals surface area (Å²) in [5, 5.41) is 3.03. The molecule has 0 spiro atoms. The minimum Gasteiger partial charge on any atom is -0.378 e. The van der Waals surface area contributed by atoms with E-state index in [-0.39, 0.29) is 24.4 Å². The minimum atomic E-state index is -0.289. The van der Waals surface area contributed by atoms with Gasteiger partial charge in [-0.2, -0.15) is 0 Å². The number of nitrogens with zero attached hydrogens (tertiary/aromatic N) is 2. The molecule has 2 amide bonds. The predicted molar refractivity (Wildman–Crippen MR) is 70.7 cm³/mol. The molecule has 2 saturated heterocycles. The molecule has 1 unspecified atom stereocenters. The molecule has 2 fully saturated rings. The summed E-state index contributed by atoms with van der Waals surface area (Å²) < 4.78 is 5.21. The van der Waals surface area contributed by atoms with Crippen molar-refractivity contribution in [3.63, 3.8) is 0 Å². The number of ether oxygens (including phenoxy) is 1. The molecule has 6 nitrogen and oxygen atoms in total. The average molecular weight is 269 g/mol. The molecule has 0 radical (unpaired) electrons. The number of amides is 2. The minimum absolute atomic E-state index is 0.0457. The number of hydrogen-bond donors (Lipinski definition) is 1. The van der Waals surface area contributed by atoms with Crippen LogP contribution in [0.2, 0.25) is 0 Å². The molecular weight excluding hydrogens is 246 g/mol. The number of likely N-dealkylation sites (tertiary alicyclic amines) is 1. The molecule has 2 aliphatic rings. The maximum Gasteiger partial charge on any atom is 0.239 e. The van der Waals surface area contributed by atoms with E-state index in [2.05, 4.69) is 5.32 Å². The van der Waals surface area contributed by atoms with Crippen LogP contribution in [0.3, 0.4) is 0 Å². The van der Waals surface area contributed by atoms with Crippen LogP contribution in [-0.2, 0) is 14.3 Å². The molecule has 108 valence electrons. The topological polar surface area (TPSA) is 61.9 Å². The predicted octanol–water partition coefficient (Wildman–Crippen LogP) is -0.554. The van der Waals surface area contributed by atoms with Crippen molar-refractivity contribution in [2.75, 3.05) is 45.9 Å². The fourth-order valence-corrected chi connectivity index (χ4v) is 2.46. The van der Waals surface area contributed by atoms with Gasteiger partial charge in [-0.05, 0) is 19.8 Å². The highest BCUT2D eigenvalue weighted by atomic mass is 16.5. The zero-order valence-corrected chi connectivity index (χ0v) is 11.6. The zero-order chi connectivity index (χ0) is 13.7. The van der Waals surface area contributed by atoms with E-state index in [1.165, 1.54) is 0 Å². The molecule has 0 aliphatic carbocycles. The number of morpholine rings is 1. The van der Waals surface area contributed by atoms with Crippen LogP contribution in [0, 0.1) is 0 Å². The highest BCUT2D eigenvalue weighted by Gasteiger charge is 2.24. The van der Waals surface area contributed by atoms with Crippen molar-refractivity contribution < 1.29 is 14.3 Å². The Bertz CT molecular complexity index is 323. The summed E-state index contributed by atoms with van der Waals surface area (Å²) in [6, 6.07) is -0.289. The van der Waals surface area contributed by atoms with E-state index in [1.54, 1.807) is 4.90 Å². The van der Waals surface area contributed by atoms with Gasteiger partial charge in [-0.3, -0.25) is 14.9 Å². The third-order valence-electron chi connectivity index (χ3n) is 3.71. The van der Waals surface area contributed by atoms with E-state index in [0.717, 1.165) is 25.9 Å². The fourth-order valence-electron chi connectivity index (χ4n) is 2.46. The van der Waals surface area contributed by atoms with Gasteiger partial charge in [-0.25, -0.2) is 0 Å². The van der Waals surface area contributed by atoms with E-state index < -0.39 is 0 Å². The second-order valence-corrected chi connectivity index (χ2v) is 5.13. The molecule has 2 aliphatic heterocycles. The van der Waals surface area contributed by atoms with Gasteiger partial charge in [0.25, 0.3) is 0 Å². The van der Waals surface area contributed by atoms with Gasteiger partial charge in [0.05, 0.1) is 25.8 Å². The van der Waals surface area contributed by atoms with Crippen molar-refractivity contribution in [3.8, 4) is 0 Å². The van der Waals surface area contributed by atoms with Gasteiger partial charge in [0.1, 0.15) is 0 Å². The number of rotatable bonds is 4. The van der Waals surface area contributed by atoms with Crippen LogP contribution in [0.5, 0.6) is 0 Å². The van der Waals surface area contributed by atoms with Crippen molar-refractivity contribution in [1.29, 1.82) is 0 Å². The maximum atomic E-state index is 12.1. The second-order valence-electron chi connectivity index (χ2n) is 5.13. The lowest BCUT2D eigenvalue weighted by atomic mass is 10.3. The van der Waals surface area contributed by atoms with Gasteiger partial charge in [0.15, 0.2) is 0 Å². The van der Waals surface area contributed by atoms with Gasteiger partial charge in [-0.1, -0.05) is 0 Å². The Morgan fingerprint density at radius 3 is 2.37 bits per heavy atom. The van der Waals surface area contributed by atoms with E-state index in [1.807, 2.05) is 11.8 Å². The summed E-state index contributed by atoms with van der Waals surface area (Å²) in [6.07, 6.45) is 2.18. The third-order valence-corrected chi connectivity index (χ3v) is 3.71. The maximum absolute atomic E-state index is 12.1. The average Bonchev–Trinajstić information content (AvgIpc) is 2.98. The van der Waals surface area contributed by atoms with Crippen molar-refractivity contribution in [2.45, 2.75) is 25.8 Å². The second kappa shape index (κ2) is 6.86. The van der Waals surface area contributed by atoms with Crippen LogP contribution in [0.1, 0.15) is 19.8 Å². The number of carbonyl (C=O) groups excluding carboxylic acids is 2. The summed E-state index contributed by atoms with van der Waals surface area (Å²) >= 11 is 0. The summed E-state index contributed by atoms with van der Waals surface area (Å²) in [6.45, 7) is 6.25. The first-order valence-electron chi connectivity index (χ1n) is 7.06. The first kappa shape index (κ1) is 14.3. The summed E-state index contributed by atoms with van der Waals surface area (Å²) in [4.78, 5) is 27.6. The molecule has 0 saturated carbocycles. The molecule has 1 atom stereocenters. The van der Waals surface area contributed by atoms with Crippen molar-refractivity contribution in [1.82, 2.24) is 15.1 Å². The molecule has 6 heteroatoms. The van der Waals surface area contributed by atoms with Crippen LogP contribution in [-0.4, -0.2) is 73.6 Å². The van der Waals surface area contributed by atoms with Crippen LogP contribution >= 0.6 is 0 Å². The largest absolute Gasteiger partial charge is 0.378 e. The molecule has 19 heavy (non-hydrogen) atoms. The molecule has 0 aromatic carbocycles. The van der Waals surface area contributed by atoms with E-state index in [4.69, 9.17) is 4.74 Å². The first-order valence-corrected chi connectivity index (χ1v) is 7.06. The first-order chi connectivity index (χ1) is 9.18. The normalized spacial score (nSPS) is 21.5. The van der Waals surface area contributed by atoms with Crippen LogP contribution < -0.4 is 5.32 Å². The number of nitrogens with one attached hydrogen (secondary N) is 1. The van der Waals surface area contributed by atoms with Gasteiger partial charge in [0, 0.05) is 26.2 Å². The molecule has 1 N–H and O–H groups in total. The zero-order valence-electron chi connectivity index (χ0n) is 11.6. The third kappa shape index (κ3) is 3.91. The molecule has 0 aromatic rings. The van der Waals surface area contributed by atoms with Gasteiger partial charge < -0.3 is 14.5 Å². The van der Waals surface area contributed by atoms with Crippen LogP contribution in [0.25, 0.3) is 0 Å². The Morgan fingerprint density at radius 2 is 1.74 bits per heavy atom. The van der Waals surface area contributed by atoms with Gasteiger partial charge in [0.2, 0.25) is 11.8 Å². The monoisotopic (exact) mass is 269 g/mol. The Balaban J connectivity index is 1.71. The smallest absolute Gasteiger partial charge is 0.239 e. The van der Waals surface area contributed by atoms with Crippen molar-refractivity contribution >= 4 is 11.8 Å². The van der Waals surface area contributed by atoms with E-state index >= 15 is 0 Å². The summed E-state index contributed by atoms with van der Waals surface area (Å²) in [5.41, 5.74) is 0. The Hall–Kier alpha value is -1.14. The Kier molecular flexibility index (Phi) is 5.15. The molecular formula is C13H23N3O3. The highest BCUT2D eigenvalue weighted by Crippen LogP contribution is 2.08. The van der Waals surface area contributed by atoms with Crippen LogP contribution in [0.15, 0.2) is 0 Å². The lowest BCUT2D eigenvalue weighted by molar-refractivity contribution is -0.135. The lowest BCUT2D eigenvalue weighted by Crippen LogP contribution is -2.49. The molecule has 0 aromatic heterocycles. The Morgan fingerprint density at radius 1 is 1.11 bits per heavy atom. The molecule has 0 bridgehead atoms. The summed E-state index contributed by atoms with van der Waals surface area (Å²) in [7, 11) is 0. The Labute approximate surface area is 114 Å². The van der Waals surface area contributed by atoms with Crippen molar-refractivity contribution in [3.05, 3.63) is 0 Å². The number of carbonyl (C=O) groups is 2. The van der Waals surface area contributed by atoms with Crippen LogP contribution in [0.4, 0.5) is 0 Å². The van der Waals surface area contributed by atoms with Crippen molar-refractivity contribution in [2.24, 2.45) is 0 Å². The standard InChI is InChI=1S/C13H23N3O3/c1-11(13(18)16-4-2-3-5-16)14-10-12(17)15-6-8-19-9-7-15/h11,14H,2-10H2,1H3. The number of hydrogen-bond acceptors (Lipinski definition) is 4. The summed E-state index contributed by atoms with van der Waals surface area (Å²) in [5.74, 6) is 0.150. The fraction of sp³-hybridized carbons (Fsp3) is 0.846. The van der Waals surface area contributed by atoms with Gasteiger partial charge in [-0.15, -0.1) is 0 Å². The lowest BCUT2D eigenvalue weighted by Gasteiger charge is -2.28. The quantitative estimate of drug-likeness (QED) is 0.743. The van der Waals surface area contributed by atoms with Gasteiger partial charge >= 0.3 is 0 Å². The molecule has 2 heterocycles.